The summed E-state index contributed by atoms with van der Waals surface area (Å²) in [6.45, 7) is 3.81. The lowest BCUT2D eigenvalue weighted by Crippen LogP contribution is -2.56. The smallest absolute Gasteiger partial charge is 0.267 e. The number of likely N-dealkylation sites (tertiary alicyclic amines) is 1. The van der Waals surface area contributed by atoms with Crippen molar-refractivity contribution >= 4 is 11.4 Å². The summed E-state index contributed by atoms with van der Waals surface area (Å²) >= 11 is 0. The Balaban J connectivity index is 1.41. The van der Waals surface area contributed by atoms with Crippen LogP contribution >= 0.6 is 0 Å². The number of aromatic nitrogens is 2. The van der Waals surface area contributed by atoms with Crippen LogP contribution in [0.3, 0.4) is 0 Å². The molecular weight excluding hydrogens is 466 g/mol. The summed E-state index contributed by atoms with van der Waals surface area (Å²) in [5, 5.41) is 23.5. The monoisotopic (exact) mass is 499 g/mol. The van der Waals surface area contributed by atoms with E-state index in [0.29, 0.717) is 45.3 Å². The van der Waals surface area contributed by atoms with Crippen LogP contribution < -0.4 is 10.9 Å². The molecule has 192 valence electrons. The van der Waals surface area contributed by atoms with Crippen molar-refractivity contribution in [3.8, 4) is 6.07 Å². The Hall–Kier alpha value is -3.54. The first-order valence-electron chi connectivity index (χ1n) is 13.0. The van der Waals surface area contributed by atoms with Gasteiger partial charge in [0.1, 0.15) is 11.0 Å². The molecule has 1 amide bonds. The number of pyridine rings is 3. The van der Waals surface area contributed by atoms with Crippen LogP contribution in [0, 0.1) is 11.3 Å². The van der Waals surface area contributed by atoms with E-state index >= 15 is 0 Å². The zero-order valence-corrected chi connectivity index (χ0v) is 21.2. The molecule has 0 aromatic carbocycles. The molecule has 8 nitrogen and oxygen atoms in total. The van der Waals surface area contributed by atoms with Crippen LogP contribution in [0.1, 0.15) is 67.1 Å². The minimum atomic E-state index is -0.753. The Morgan fingerprint density at radius 3 is 2.68 bits per heavy atom. The lowest BCUT2D eigenvalue weighted by molar-refractivity contribution is 0.0312. The van der Waals surface area contributed by atoms with Crippen molar-refractivity contribution in [3.63, 3.8) is 0 Å². The van der Waals surface area contributed by atoms with Gasteiger partial charge in [0.25, 0.3) is 11.5 Å². The van der Waals surface area contributed by atoms with Gasteiger partial charge in [0.05, 0.1) is 28.9 Å². The van der Waals surface area contributed by atoms with E-state index in [1.165, 1.54) is 4.40 Å². The highest BCUT2D eigenvalue weighted by Gasteiger charge is 2.39. The Bertz CT molecular complexity index is 1390. The van der Waals surface area contributed by atoms with E-state index in [2.05, 4.69) is 21.3 Å². The summed E-state index contributed by atoms with van der Waals surface area (Å²) < 4.78 is 1.53. The van der Waals surface area contributed by atoms with Gasteiger partial charge in [-0.3, -0.25) is 23.9 Å². The van der Waals surface area contributed by atoms with Gasteiger partial charge < -0.3 is 10.4 Å². The topological polar surface area (TPSA) is 111 Å². The largest absolute Gasteiger partial charge is 0.391 e. The fourth-order valence-corrected chi connectivity index (χ4v) is 5.80. The molecule has 0 unspecified atom stereocenters. The number of amides is 1. The molecule has 5 rings (SSSR count). The maximum atomic E-state index is 13.4. The number of carbonyl (C=O) groups is 1. The van der Waals surface area contributed by atoms with Gasteiger partial charge in [0, 0.05) is 32.0 Å². The summed E-state index contributed by atoms with van der Waals surface area (Å²) in [6.07, 6.45) is 7.26. The van der Waals surface area contributed by atoms with Gasteiger partial charge in [-0.2, -0.15) is 5.26 Å². The van der Waals surface area contributed by atoms with Crippen LogP contribution in [-0.4, -0.2) is 50.0 Å². The maximum absolute atomic E-state index is 13.4. The first-order chi connectivity index (χ1) is 17.8. The quantitative estimate of drug-likeness (QED) is 0.558. The van der Waals surface area contributed by atoms with E-state index in [4.69, 9.17) is 0 Å². The van der Waals surface area contributed by atoms with Gasteiger partial charge in [0.15, 0.2) is 0 Å². The van der Waals surface area contributed by atoms with Crippen molar-refractivity contribution in [1.29, 1.82) is 5.26 Å². The summed E-state index contributed by atoms with van der Waals surface area (Å²) in [6, 6.07) is 15.5. The number of hydrogen-bond donors (Lipinski definition) is 2. The van der Waals surface area contributed by atoms with E-state index in [0.717, 1.165) is 29.6 Å². The second kappa shape index (κ2) is 10.1. The summed E-state index contributed by atoms with van der Waals surface area (Å²) in [5.41, 5.74) is 0.798. The Morgan fingerprint density at radius 1 is 1.19 bits per heavy atom. The molecular formula is C29H33N5O3. The molecule has 2 fully saturated rings. The average Bonchev–Trinajstić information content (AvgIpc) is 2.93. The second-order valence-corrected chi connectivity index (χ2v) is 10.7. The molecule has 37 heavy (non-hydrogen) atoms. The normalized spacial score (nSPS) is 23.9. The number of nitrogens with one attached hydrogen (secondary N) is 1. The van der Waals surface area contributed by atoms with Crippen molar-refractivity contribution in [1.82, 2.24) is 19.6 Å². The zero-order chi connectivity index (χ0) is 26.0. The van der Waals surface area contributed by atoms with E-state index in [1.807, 2.05) is 37.3 Å². The molecule has 1 aliphatic heterocycles. The first-order valence-corrected chi connectivity index (χ1v) is 13.0. The fraction of sp³-hybridized carbons (Fsp3) is 0.448. The molecule has 1 saturated heterocycles. The molecule has 3 aromatic heterocycles. The number of hydrogen-bond acceptors (Lipinski definition) is 6. The molecule has 0 bridgehead atoms. The molecule has 8 heteroatoms. The predicted molar refractivity (Wildman–Crippen MR) is 140 cm³/mol. The molecule has 3 aromatic rings. The lowest BCUT2D eigenvalue weighted by Gasteiger charge is -2.39. The van der Waals surface area contributed by atoms with E-state index < -0.39 is 23.0 Å². The Kier molecular flexibility index (Phi) is 6.84. The Labute approximate surface area is 216 Å². The number of aliphatic hydroxyl groups is 1. The third kappa shape index (κ3) is 4.77. The van der Waals surface area contributed by atoms with Crippen LogP contribution in [-0.2, 0) is 12.0 Å². The molecule has 4 heterocycles. The minimum absolute atomic E-state index is 0.0783. The van der Waals surface area contributed by atoms with Crippen molar-refractivity contribution in [2.24, 2.45) is 0 Å². The van der Waals surface area contributed by atoms with Crippen LogP contribution in [0.2, 0.25) is 0 Å². The van der Waals surface area contributed by atoms with Gasteiger partial charge in [-0.15, -0.1) is 0 Å². The Morgan fingerprint density at radius 2 is 1.97 bits per heavy atom. The number of carbonyl (C=O) groups excluding carboxylic acids is 1. The van der Waals surface area contributed by atoms with E-state index in [1.54, 1.807) is 24.5 Å². The van der Waals surface area contributed by atoms with Gasteiger partial charge in [-0.1, -0.05) is 25.0 Å². The summed E-state index contributed by atoms with van der Waals surface area (Å²) in [5.74, 6) is -0.453. The van der Waals surface area contributed by atoms with Crippen molar-refractivity contribution in [2.45, 2.75) is 69.1 Å². The third-order valence-electron chi connectivity index (χ3n) is 8.23. The average molecular weight is 500 g/mol. The number of fused-ring (bicyclic) bond motifs is 1. The molecule has 2 atom stereocenters. The van der Waals surface area contributed by atoms with Crippen LogP contribution in [0.25, 0.3) is 5.52 Å². The van der Waals surface area contributed by atoms with Crippen molar-refractivity contribution < 1.29 is 9.90 Å². The number of nitriles is 1. The van der Waals surface area contributed by atoms with Gasteiger partial charge in [-0.05, 0) is 68.5 Å². The SMILES string of the molecule is C[C@]1(NC(=O)c2cc(CN3CCC(C#N)(c4ccccn4)CC3)c3ccccn3c2=O)CCCC[C@@H]1O. The number of piperidine rings is 1. The van der Waals surface area contributed by atoms with E-state index in [9.17, 15) is 20.0 Å². The second-order valence-electron chi connectivity index (χ2n) is 10.7. The van der Waals surface area contributed by atoms with Crippen LogP contribution in [0.15, 0.2) is 59.7 Å². The van der Waals surface area contributed by atoms with Gasteiger partial charge in [-0.25, -0.2) is 0 Å². The molecule has 1 saturated carbocycles. The molecule has 1 aliphatic carbocycles. The van der Waals surface area contributed by atoms with Crippen LogP contribution in [0.4, 0.5) is 0 Å². The van der Waals surface area contributed by atoms with Gasteiger partial charge >= 0.3 is 0 Å². The van der Waals surface area contributed by atoms with Gasteiger partial charge in [0.2, 0.25) is 0 Å². The summed E-state index contributed by atoms with van der Waals surface area (Å²) in [7, 11) is 0. The maximum Gasteiger partial charge on any atom is 0.267 e. The highest BCUT2D eigenvalue weighted by atomic mass is 16.3. The molecule has 2 aliphatic rings. The van der Waals surface area contributed by atoms with Crippen molar-refractivity contribution in [3.05, 3.63) is 82.0 Å². The number of nitrogens with zero attached hydrogens (tertiary/aromatic N) is 4. The third-order valence-corrected chi connectivity index (χ3v) is 8.23. The molecule has 0 spiro atoms. The highest BCUT2D eigenvalue weighted by molar-refractivity contribution is 5.95. The first kappa shape index (κ1) is 25.1. The number of rotatable bonds is 5. The van der Waals surface area contributed by atoms with Crippen LogP contribution in [0.5, 0.6) is 0 Å². The highest BCUT2D eigenvalue weighted by Crippen LogP contribution is 2.34. The minimum Gasteiger partial charge on any atom is -0.391 e. The van der Waals surface area contributed by atoms with E-state index in [-0.39, 0.29) is 11.1 Å². The molecule has 2 N–H and O–H groups in total. The standard InChI is InChI=1S/C29H33N5O3/c1-28(11-5-2-10-25(28)35)32-26(36)22-18-21(23-8-4-7-15-34(23)27(22)37)19-33-16-12-29(20-30,13-17-33)24-9-3-6-14-31-24/h3-4,6-9,14-15,18,25,35H,2,5,10-13,16-17,19H2,1H3,(H,32,36)/t25-,28-/m0/s1. The van der Waals surface area contributed by atoms with Crippen molar-refractivity contribution in [2.75, 3.05) is 13.1 Å². The fourth-order valence-electron chi connectivity index (χ4n) is 5.80. The molecule has 0 radical (unpaired) electrons. The summed E-state index contributed by atoms with van der Waals surface area (Å²) in [4.78, 5) is 33.4. The lowest BCUT2D eigenvalue weighted by atomic mass is 9.76. The zero-order valence-electron chi connectivity index (χ0n) is 21.2. The number of aliphatic hydroxyl groups excluding tert-OH is 1. The predicted octanol–water partition coefficient (Wildman–Crippen LogP) is 3.18.